The molecule has 2 atom stereocenters. The predicted molar refractivity (Wildman–Crippen MR) is 96.3 cm³/mol. The first-order chi connectivity index (χ1) is 12.4. The van der Waals surface area contributed by atoms with Crippen LogP contribution in [0.5, 0.6) is 0 Å². The van der Waals surface area contributed by atoms with Gasteiger partial charge in [0.05, 0.1) is 17.4 Å². The standard InChI is InChI=1S/C18H19F3N4O.ClH/c1-11-4-2-3-5-15(11)25-16(18(19,20)21)14(8-23-25)17(26)24-9-12-6-22-7-13(12)10-24;/h2-5,8,12-13,22H,6-7,9-10H2,1H3;1H/t12-,13+;. The van der Waals surface area contributed by atoms with E-state index in [0.717, 1.165) is 24.0 Å². The molecule has 9 heteroatoms. The second-order valence-electron chi connectivity index (χ2n) is 6.99. The van der Waals surface area contributed by atoms with E-state index >= 15 is 0 Å². The van der Waals surface area contributed by atoms with Gasteiger partial charge >= 0.3 is 6.18 Å². The highest BCUT2D eigenvalue weighted by molar-refractivity contribution is 5.95. The fourth-order valence-electron chi connectivity index (χ4n) is 3.95. The Labute approximate surface area is 160 Å². The molecule has 5 nitrogen and oxygen atoms in total. The average molecular weight is 401 g/mol. The SMILES string of the molecule is Cc1ccccc1-n1ncc(C(=O)N2C[C@H]3CNC[C@H]3C2)c1C(F)(F)F.Cl. The van der Waals surface area contributed by atoms with Gasteiger partial charge in [-0.1, -0.05) is 18.2 Å². The number of hydrogen-bond acceptors (Lipinski definition) is 3. The zero-order chi connectivity index (χ0) is 18.5. The van der Waals surface area contributed by atoms with Gasteiger partial charge in [-0.05, 0) is 30.4 Å². The number of benzene rings is 1. The van der Waals surface area contributed by atoms with Crippen molar-refractivity contribution in [2.45, 2.75) is 13.1 Å². The molecule has 146 valence electrons. The molecule has 0 aliphatic carbocycles. The van der Waals surface area contributed by atoms with Crippen molar-refractivity contribution in [1.29, 1.82) is 0 Å². The number of likely N-dealkylation sites (tertiary alicyclic amines) is 1. The molecule has 2 saturated heterocycles. The minimum absolute atomic E-state index is 0. The maximum absolute atomic E-state index is 13.8. The molecule has 2 aliphatic rings. The number of aromatic nitrogens is 2. The van der Waals surface area contributed by atoms with Crippen molar-refractivity contribution in [2.24, 2.45) is 11.8 Å². The van der Waals surface area contributed by atoms with Crippen LogP contribution in [0.1, 0.15) is 21.6 Å². The van der Waals surface area contributed by atoms with Crippen molar-refractivity contribution in [3.05, 3.63) is 47.3 Å². The van der Waals surface area contributed by atoms with Crippen LogP contribution in [-0.2, 0) is 6.18 Å². The number of nitrogens with zero attached hydrogens (tertiary/aromatic N) is 3. The number of carbonyl (C=O) groups is 1. The Balaban J connectivity index is 0.00000210. The largest absolute Gasteiger partial charge is 0.434 e. The van der Waals surface area contributed by atoms with Crippen LogP contribution < -0.4 is 5.32 Å². The smallest absolute Gasteiger partial charge is 0.338 e. The summed E-state index contributed by atoms with van der Waals surface area (Å²) < 4.78 is 42.2. The molecule has 0 bridgehead atoms. The summed E-state index contributed by atoms with van der Waals surface area (Å²) in [4.78, 5) is 14.4. The normalized spacial score (nSPS) is 21.9. The van der Waals surface area contributed by atoms with Crippen molar-refractivity contribution in [2.75, 3.05) is 26.2 Å². The van der Waals surface area contributed by atoms with Gasteiger partial charge < -0.3 is 10.2 Å². The van der Waals surface area contributed by atoms with Crippen LogP contribution in [0.3, 0.4) is 0 Å². The number of para-hydroxylation sites is 1. The highest BCUT2D eigenvalue weighted by Crippen LogP contribution is 2.36. The quantitative estimate of drug-likeness (QED) is 0.843. The third-order valence-corrected chi connectivity index (χ3v) is 5.29. The van der Waals surface area contributed by atoms with Gasteiger partial charge in [0.25, 0.3) is 5.91 Å². The van der Waals surface area contributed by atoms with Crippen LogP contribution in [-0.4, -0.2) is 46.8 Å². The molecule has 3 heterocycles. The molecule has 0 spiro atoms. The second kappa shape index (κ2) is 7.16. The molecule has 0 unspecified atom stereocenters. The Morgan fingerprint density at radius 2 is 1.81 bits per heavy atom. The number of aryl methyl sites for hydroxylation is 1. The summed E-state index contributed by atoms with van der Waals surface area (Å²) in [6.45, 7) is 4.31. The van der Waals surface area contributed by atoms with Gasteiger partial charge in [0.2, 0.25) is 0 Å². The van der Waals surface area contributed by atoms with E-state index < -0.39 is 17.8 Å². The molecule has 1 aromatic heterocycles. The van der Waals surface area contributed by atoms with E-state index in [2.05, 4.69) is 10.4 Å². The molecule has 2 aromatic rings. The second-order valence-corrected chi connectivity index (χ2v) is 6.99. The Hall–Kier alpha value is -2.06. The van der Waals surface area contributed by atoms with Gasteiger partial charge in [-0.15, -0.1) is 12.4 Å². The molecule has 1 aromatic carbocycles. The Bertz CT molecular complexity index is 839. The van der Waals surface area contributed by atoms with Gasteiger partial charge in [-0.25, -0.2) is 4.68 Å². The van der Waals surface area contributed by atoms with Crippen molar-refractivity contribution in [3.63, 3.8) is 0 Å². The molecule has 4 rings (SSSR count). The minimum Gasteiger partial charge on any atom is -0.338 e. The van der Waals surface area contributed by atoms with Gasteiger partial charge in [0, 0.05) is 26.2 Å². The molecule has 0 saturated carbocycles. The van der Waals surface area contributed by atoms with E-state index in [4.69, 9.17) is 0 Å². The summed E-state index contributed by atoms with van der Waals surface area (Å²) in [6, 6.07) is 6.68. The predicted octanol–water partition coefficient (Wildman–Crippen LogP) is 2.91. The molecular formula is C18H20ClF3N4O. The molecule has 0 radical (unpaired) electrons. The lowest BCUT2D eigenvalue weighted by Gasteiger charge is -2.19. The third kappa shape index (κ3) is 3.43. The molecule has 27 heavy (non-hydrogen) atoms. The highest BCUT2D eigenvalue weighted by atomic mass is 35.5. The Kier molecular flexibility index (Phi) is 5.22. The van der Waals surface area contributed by atoms with Gasteiger partial charge in [-0.2, -0.15) is 18.3 Å². The first-order valence-electron chi connectivity index (χ1n) is 8.57. The zero-order valence-electron chi connectivity index (χ0n) is 14.7. The number of halogens is 4. The summed E-state index contributed by atoms with van der Waals surface area (Å²) >= 11 is 0. The summed E-state index contributed by atoms with van der Waals surface area (Å²) in [5, 5.41) is 7.17. The van der Waals surface area contributed by atoms with E-state index in [9.17, 15) is 18.0 Å². The van der Waals surface area contributed by atoms with E-state index in [1.807, 2.05) is 0 Å². The number of rotatable bonds is 2. The Morgan fingerprint density at radius 3 is 2.41 bits per heavy atom. The van der Waals surface area contributed by atoms with Crippen LogP contribution >= 0.6 is 12.4 Å². The third-order valence-electron chi connectivity index (χ3n) is 5.29. The van der Waals surface area contributed by atoms with Crippen LogP contribution in [0.4, 0.5) is 13.2 Å². The number of fused-ring (bicyclic) bond motifs is 1. The lowest BCUT2D eigenvalue weighted by Crippen LogP contribution is -2.33. The average Bonchev–Trinajstić information content (AvgIpc) is 3.27. The number of nitrogens with one attached hydrogen (secondary N) is 1. The monoisotopic (exact) mass is 400 g/mol. The van der Waals surface area contributed by atoms with Crippen LogP contribution in [0.25, 0.3) is 5.69 Å². The molecule has 1 N–H and O–H groups in total. The van der Waals surface area contributed by atoms with Crippen molar-refractivity contribution in [1.82, 2.24) is 20.0 Å². The van der Waals surface area contributed by atoms with E-state index in [0.29, 0.717) is 36.2 Å². The van der Waals surface area contributed by atoms with Crippen LogP contribution in [0, 0.1) is 18.8 Å². The zero-order valence-corrected chi connectivity index (χ0v) is 15.5. The van der Waals surface area contributed by atoms with Gasteiger partial charge in [0.1, 0.15) is 0 Å². The van der Waals surface area contributed by atoms with E-state index in [-0.39, 0.29) is 18.0 Å². The molecular weight excluding hydrogens is 381 g/mol. The lowest BCUT2D eigenvalue weighted by molar-refractivity contribution is -0.143. The number of hydrogen-bond donors (Lipinski definition) is 1. The van der Waals surface area contributed by atoms with Gasteiger partial charge in [-0.3, -0.25) is 4.79 Å². The molecule has 2 fully saturated rings. The summed E-state index contributed by atoms with van der Waals surface area (Å²) in [7, 11) is 0. The first-order valence-corrected chi connectivity index (χ1v) is 8.57. The lowest BCUT2D eigenvalue weighted by atomic mass is 10.0. The van der Waals surface area contributed by atoms with Crippen molar-refractivity contribution in [3.8, 4) is 5.69 Å². The van der Waals surface area contributed by atoms with Crippen LogP contribution in [0.2, 0.25) is 0 Å². The van der Waals surface area contributed by atoms with Crippen molar-refractivity contribution >= 4 is 18.3 Å². The highest BCUT2D eigenvalue weighted by Gasteiger charge is 2.44. The summed E-state index contributed by atoms with van der Waals surface area (Å²) in [6.07, 6.45) is -3.63. The van der Waals surface area contributed by atoms with Crippen molar-refractivity contribution < 1.29 is 18.0 Å². The molecule has 2 aliphatic heterocycles. The summed E-state index contributed by atoms with van der Waals surface area (Å²) in [5.41, 5.74) is -0.413. The van der Waals surface area contributed by atoms with Crippen LogP contribution in [0.15, 0.2) is 30.5 Å². The first kappa shape index (κ1) is 19.7. The minimum atomic E-state index is -4.68. The topological polar surface area (TPSA) is 50.2 Å². The Morgan fingerprint density at radius 1 is 1.19 bits per heavy atom. The fourth-order valence-corrected chi connectivity index (χ4v) is 3.95. The number of carbonyl (C=O) groups excluding carboxylic acids is 1. The molecule has 1 amide bonds. The summed E-state index contributed by atoms with van der Waals surface area (Å²) in [5.74, 6) is 0.0472. The number of amides is 1. The van der Waals surface area contributed by atoms with E-state index in [1.54, 1.807) is 31.2 Å². The maximum Gasteiger partial charge on any atom is 0.434 e. The van der Waals surface area contributed by atoms with E-state index in [1.165, 1.54) is 4.90 Å². The fraction of sp³-hybridized carbons (Fsp3) is 0.444. The maximum atomic E-state index is 13.8. The number of alkyl halides is 3. The van der Waals surface area contributed by atoms with Gasteiger partial charge in [0.15, 0.2) is 5.69 Å².